The molecule has 210 valence electrons. The molecule has 1 aliphatic carbocycles. The van der Waals surface area contributed by atoms with Gasteiger partial charge >= 0.3 is 0 Å². The summed E-state index contributed by atoms with van der Waals surface area (Å²) in [7, 11) is 0. The molecular weight excluding hydrogens is 542 g/mol. The number of ketones is 1. The van der Waals surface area contributed by atoms with Gasteiger partial charge in [-0.1, -0.05) is 38.4 Å². The van der Waals surface area contributed by atoms with E-state index in [0.29, 0.717) is 27.9 Å². The van der Waals surface area contributed by atoms with E-state index in [0.717, 1.165) is 31.1 Å². The van der Waals surface area contributed by atoms with Crippen LogP contribution < -0.4 is 16.4 Å². The van der Waals surface area contributed by atoms with Crippen LogP contribution in [0.5, 0.6) is 5.75 Å². The lowest BCUT2D eigenvalue weighted by Crippen LogP contribution is -2.52. The van der Waals surface area contributed by atoms with Gasteiger partial charge in [0.15, 0.2) is 17.3 Å². The number of aromatic nitrogens is 1. The summed E-state index contributed by atoms with van der Waals surface area (Å²) in [6.07, 6.45) is 4.75. The van der Waals surface area contributed by atoms with Crippen molar-refractivity contribution in [3.63, 3.8) is 0 Å². The third-order valence-corrected chi connectivity index (χ3v) is 7.52. The first-order chi connectivity index (χ1) is 17.8. The largest absolute Gasteiger partial charge is 0.504 e. The Labute approximate surface area is 239 Å². The number of phenols is 1. The number of fused-ring (bicyclic) bond motifs is 1. The van der Waals surface area contributed by atoms with E-state index in [2.05, 4.69) is 15.6 Å². The molecule has 1 unspecified atom stereocenters. The van der Waals surface area contributed by atoms with Crippen molar-refractivity contribution in [1.82, 2.24) is 10.3 Å². The molecule has 1 heterocycles. The molecule has 2 aromatic carbocycles. The van der Waals surface area contributed by atoms with E-state index < -0.39 is 17.6 Å². The predicted octanol–water partition coefficient (Wildman–Crippen LogP) is 6.24. The number of carbonyl (C=O) groups excluding carboxylic acids is 2. The van der Waals surface area contributed by atoms with Crippen LogP contribution in [0.15, 0.2) is 36.5 Å². The molecule has 1 amide bonds. The second-order valence-electron chi connectivity index (χ2n) is 11.2. The van der Waals surface area contributed by atoms with E-state index in [9.17, 15) is 19.1 Å². The number of hydrogen-bond acceptors (Lipinski definition) is 6. The summed E-state index contributed by atoms with van der Waals surface area (Å²) in [4.78, 5) is 29.5. The lowest BCUT2D eigenvalue weighted by Gasteiger charge is -2.33. The number of pyridine rings is 1. The number of nitrogens with two attached hydrogens (primary N) is 1. The van der Waals surface area contributed by atoms with Crippen molar-refractivity contribution in [1.29, 1.82) is 0 Å². The smallest absolute Gasteiger partial charge is 0.237 e. The van der Waals surface area contributed by atoms with Crippen molar-refractivity contribution in [3.05, 3.63) is 52.9 Å². The van der Waals surface area contributed by atoms with Crippen LogP contribution in [0.2, 0.25) is 5.02 Å². The van der Waals surface area contributed by atoms with Crippen LogP contribution in [0.4, 0.5) is 10.1 Å². The molecule has 0 spiro atoms. The van der Waals surface area contributed by atoms with Gasteiger partial charge in [-0.25, -0.2) is 4.39 Å². The average molecular weight is 578 g/mol. The Hall–Kier alpha value is -2.94. The first kappa shape index (κ1) is 30.6. The SMILES string of the molecule is CC(=O)c1cnc2ccc(-c3cc(F)c(O)c(Cl)c3)cc2c1NC1CCC(NC(=O)C(N)C(C)(C)C)CC1.Cl. The molecule has 1 aliphatic rings. The van der Waals surface area contributed by atoms with Crippen LogP contribution in [0.3, 0.4) is 0 Å². The summed E-state index contributed by atoms with van der Waals surface area (Å²) in [5.74, 6) is -1.66. The maximum atomic E-state index is 14.2. The molecule has 1 aromatic heterocycles. The monoisotopic (exact) mass is 576 g/mol. The summed E-state index contributed by atoms with van der Waals surface area (Å²) >= 11 is 6.00. The minimum absolute atomic E-state index is 0. The molecule has 5 N–H and O–H groups in total. The Bertz CT molecular complexity index is 1360. The van der Waals surface area contributed by atoms with Crippen LogP contribution in [-0.2, 0) is 4.79 Å². The number of Topliss-reactive ketones (excluding diaryl/α,β-unsaturated/α-hetero) is 1. The highest BCUT2D eigenvalue weighted by atomic mass is 35.5. The van der Waals surface area contributed by atoms with E-state index in [-0.39, 0.29) is 46.6 Å². The van der Waals surface area contributed by atoms with Crippen molar-refractivity contribution < 1.29 is 19.1 Å². The number of nitrogens with one attached hydrogen (secondary N) is 2. The Kier molecular flexibility index (Phi) is 9.47. The highest BCUT2D eigenvalue weighted by Crippen LogP contribution is 2.36. The fourth-order valence-corrected chi connectivity index (χ4v) is 5.01. The number of benzene rings is 2. The minimum Gasteiger partial charge on any atom is -0.504 e. The molecule has 3 aromatic rings. The van der Waals surface area contributed by atoms with Crippen LogP contribution in [0.1, 0.15) is 63.7 Å². The number of phenolic OH excluding ortho intramolecular Hbond substituents is 1. The van der Waals surface area contributed by atoms with Crippen LogP contribution in [-0.4, -0.2) is 39.9 Å². The molecule has 39 heavy (non-hydrogen) atoms. The van der Waals surface area contributed by atoms with E-state index in [1.54, 1.807) is 12.3 Å². The maximum absolute atomic E-state index is 14.2. The van der Waals surface area contributed by atoms with Gasteiger partial charge in [-0.05, 0) is 73.4 Å². The molecule has 1 atom stereocenters. The average Bonchev–Trinajstić information content (AvgIpc) is 2.86. The Morgan fingerprint density at radius 3 is 2.33 bits per heavy atom. The number of rotatable bonds is 6. The number of aromatic hydroxyl groups is 1. The van der Waals surface area contributed by atoms with Gasteiger partial charge in [-0.15, -0.1) is 12.4 Å². The zero-order valence-electron chi connectivity index (χ0n) is 22.5. The summed E-state index contributed by atoms with van der Waals surface area (Å²) in [6, 6.07) is 7.73. The van der Waals surface area contributed by atoms with Crippen molar-refractivity contribution in [2.45, 2.75) is 71.5 Å². The molecule has 1 saturated carbocycles. The number of carbonyl (C=O) groups is 2. The summed E-state index contributed by atoms with van der Waals surface area (Å²) in [5.41, 5.74) is 8.80. The van der Waals surface area contributed by atoms with Gasteiger partial charge in [0.25, 0.3) is 0 Å². The number of hydrogen-bond donors (Lipinski definition) is 4. The fraction of sp³-hybridized carbons (Fsp3) is 0.414. The van der Waals surface area contributed by atoms with Gasteiger partial charge in [0.05, 0.1) is 27.8 Å². The van der Waals surface area contributed by atoms with E-state index in [4.69, 9.17) is 17.3 Å². The fourth-order valence-electron chi connectivity index (χ4n) is 4.80. The van der Waals surface area contributed by atoms with Gasteiger partial charge in [-0.2, -0.15) is 0 Å². The van der Waals surface area contributed by atoms with Crippen molar-refractivity contribution in [2.24, 2.45) is 11.1 Å². The Balaban J connectivity index is 0.00000420. The molecule has 0 saturated heterocycles. The molecule has 0 radical (unpaired) electrons. The number of anilines is 1. The first-order valence-electron chi connectivity index (χ1n) is 12.8. The van der Waals surface area contributed by atoms with E-state index in [1.165, 1.54) is 19.1 Å². The molecule has 10 heteroatoms. The number of amides is 1. The normalized spacial score (nSPS) is 18.2. The third-order valence-electron chi connectivity index (χ3n) is 7.23. The first-order valence-corrected chi connectivity index (χ1v) is 13.2. The van der Waals surface area contributed by atoms with Gasteiger partial charge in [-0.3, -0.25) is 14.6 Å². The lowest BCUT2D eigenvalue weighted by atomic mass is 9.85. The van der Waals surface area contributed by atoms with Crippen molar-refractivity contribution >= 4 is 52.3 Å². The molecule has 7 nitrogen and oxygen atoms in total. The van der Waals surface area contributed by atoms with Crippen LogP contribution in [0, 0.1) is 11.2 Å². The summed E-state index contributed by atoms with van der Waals surface area (Å²) in [5, 5.41) is 17.0. The third kappa shape index (κ3) is 6.80. The standard InChI is InChI=1S/C29H34ClFN4O3.ClH/c1-15(36)21-14-33-24-10-5-16(17-12-22(30)26(37)23(31)13-17)11-20(24)25(21)34-18-6-8-19(9-7-18)35-28(38)27(32)29(2,3)4;/h5,10-14,18-19,27,37H,6-9,32H2,1-4H3,(H,33,34)(H,35,38);1H. The van der Waals surface area contributed by atoms with Gasteiger partial charge < -0.3 is 21.5 Å². The van der Waals surface area contributed by atoms with Crippen LogP contribution >= 0.6 is 24.0 Å². The number of nitrogens with zero attached hydrogens (tertiary/aromatic N) is 1. The van der Waals surface area contributed by atoms with Crippen molar-refractivity contribution in [3.8, 4) is 16.9 Å². The van der Waals surface area contributed by atoms with Gasteiger partial charge in [0, 0.05) is 23.7 Å². The zero-order chi connectivity index (χ0) is 27.8. The highest BCUT2D eigenvalue weighted by Gasteiger charge is 2.30. The summed E-state index contributed by atoms with van der Waals surface area (Å²) < 4.78 is 14.2. The maximum Gasteiger partial charge on any atom is 0.237 e. The zero-order valence-corrected chi connectivity index (χ0v) is 24.0. The molecule has 0 bridgehead atoms. The van der Waals surface area contributed by atoms with Crippen LogP contribution in [0.25, 0.3) is 22.0 Å². The van der Waals surface area contributed by atoms with E-state index in [1.807, 2.05) is 32.9 Å². The topological polar surface area (TPSA) is 117 Å². The minimum atomic E-state index is -0.811. The second-order valence-corrected chi connectivity index (χ2v) is 11.6. The number of halogens is 3. The quantitative estimate of drug-likeness (QED) is 0.258. The Morgan fingerprint density at radius 2 is 1.74 bits per heavy atom. The lowest BCUT2D eigenvalue weighted by molar-refractivity contribution is -0.125. The highest BCUT2D eigenvalue weighted by molar-refractivity contribution is 6.32. The molecule has 1 fully saturated rings. The molecule has 0 aliphatic heterocycles. The van der Waals surface area contributed by atoms with Crippen molar-refractivity contribution in [2.75, 3.05) is 5.32 Å². The molecular formula is C29H35Cl2FN4O3. The van der Waals surface area contributed by atoms with Gasteiger partial charge in [0.1, 0.15) is 0 Å². The predicted molar refractivity (Wildman–Crippen MR) is 156 cm³/mol. The van der Waals surface area contributed by atoms with E-state index >= 15 is 0 Å². The van der Waals surface area contributed by atoms with Gasteiger partial charge in [0.2, 0.25) is 5.91 Å². The molecule has 4 rings (SSSR count). The second kappa shape index (κ2) is 12.1. The summed E-state index contributed by atoms with van der Waals surface area (Å²) in [6.45, 7) is 7.34. The Morgan fingerprint density at radius 1 is 1.10 bits per heavy atom.